The number of nitrogens with one attached hydrogen (secondary N) is 1. The lowest BCUT2D eigenvalue weighted by atomic mass is 9.76. The molecule has 3 saturated heterocycles. The van der Waals surface area contributed by atoms with Gasteiger partial charge in [0.1, 0.15) is 0 Å². The molecule has 5 rings (SSSR count). The maximum absolute atomic E-state index is 12.5. The smallest absolute Gasteiger partial charge is 0.234 e. The van der Waals surface area contributed by atoms with Gasteiger partial charge in [0.15, 0.2) is 11.5 Å². The molecule has 0 radical (unpaired) electrons. The number of benzene rings is 1. The van der Waals surface area contributed by atoms with Gasteiger partial charge < -0.3 is 19.7 Å². The molecule has 0 aliphatic carbocycles. The summed E-state index contributed by atoms with van der Waals surface area (Å²) in [5.74, 6) is 2.89. The highest BCUT2D eigenvalue weighted by Crippen LogP contribution is 2.37. The largest absolute Gasteiger partial charge is 0.454 e. The van der Waals surface area contributed by atoms with Crippen molar-refractivity contribution in [1.29, 1.82) is 0 Å². The molecule has 1 N–H and O–H groups in total. The molecule has 3 fully saturated rings. The van der Waals surface area contributed by atoms with E-state index in [1.54, 1.807) is 0 Å². The first-order chi connectivity index (χ1) is 13.7. The normalized spacial score (nSPS) is 28.8. The van der Waals surface area contributed by atoms with Gasteiger partial charge in [-0.25, -0.2) is 0 Å². The van der Waals surface area contributed by atoms with Crippen molar-refractivity contribution in [3.8, 4) is 11.5 Å². The quantitative estimate of drug-likeness (QED) is 0.848. The van der Waals surface area contributed by atoms with E-state index in [0.717, 1.165) is 49.5 Å². The average molecular weight is 385 g/mol. The van der Waals surface area contributed by atoms with E-state index in [-0.39, 0.29) is 12.7 Å². The van der Waals surface area contributed by atoms with Crippen LogP contribution in [0.25, 0.3) is 0 Å². The summed E-state index contributed by atoms with van der Waals surface area (Å²) in [6.07, 6.45) is 4.04. The van der Waals surface area contributed by atoms with Crippen molar-refractivity contribution >= 4 is 11.8 Å². The van der Waals surface area contributed by atoms with Crippen LogP contribution in [0, 0.1) is 11.8 Å². The zero-order chi connectivity index (χ0) is 19.1. The average Bonchev–Trinajstić information content (AvgIpc) is 3.15. The van der Waals surface area contributed by atoms with Crippen molar-refractivity contribution in [1.82, 2.24) is 15.1 Å². The third-order valence-corrected chi connectivity index (χ3v) is 6.55. The Morgan fingerprint density at radius 2 is 2.07 bits per heavy atom. The van der Waals surface area contributed by atoms with Gasteiger partial charge in [-0.2, -0.15) is 0 Å². The van der Waals surface area contributed by atoms with Gasteiger partial charge in [0, 0.05) is 38.6 Å². The molecular formula is C21H27N3O4. The summed E-state index contributed by atoms with van der Waals surface area (Å²) in [6.45, 7) is 3.87. The molecular weight excluding hydrogens is 358 g/mol. The van der Waals surface area contributed by atoms with Crippen molar-refractivity contribution in [2.24, 2.45) is 11.8 Å². The number of fused-ring (bicyclic) bond motifs is 5. The molecule has 4 heterocycles. The van der Waals surface area contributed by atoms with E-state index in [2.05, 4.69) is 15.1 Å². The zero-order valence-electron chi connectivity index (χ0n) is 16.1. The van der Waals surface area contributed by atoms with E-state index in [9.17, 15) is 9.59 Å². The molecule has 3 atom stereocenters. The summed E-state index contributed by atoms with van der Waals surface area (Å²) in [5, 5.41) is 3.03. The van der Waals surface area contributed by atoms with E-state index in [4.69, 9.17) is 9.47 Å². The van der Waals surface area contributed by atoms with E-state index in [1.807, 2.05) is 18.2 Å². The summed E-state index contributed by atoms with van der Waals surface area (Å²) >= 11 is 0. The summed E-state index contributed by atoms with van der Waals surface area (Å²) in [5.41, 5.74) is 1.00. The molecule has 0 unspecified atom stereocenters. The Morgan fingerprint density at radius 3 is 3.00 bits per heavy atom. The van der Waals surface area contributed by atoms with Crippen LogP contribution in [0.4, 0.5) is 0 Å². The molecule has 1 aromatic rings. The van der Waals surface area contributed by atoms with Gasteiger partial charge in [0.2, 0.25) is 18.6 Å². The molecule has 2 amide bonds. The molecule has 7 nitrogen and oxygen atoms in total. The van der Waals surface area contributed by atoms with Crippen molar-refractivity contribution < 1.29 is 19.1 Å². The number of rotatable bonds is 4. The summed E-state index contributed by atoms with van der Waals surface area (Å²) < 4.78 is 10.7. The first-order valence-corrected chi connectivity index (χ1v) is 10.3. The summed E-state index contributed by atoms with van der Waals surface area (Å²) in [6, 6.07) is 6.14. The molecule has 0 aromatic heterocycles. The van der Waals surface area contributed by atoms with Crippen molar-refractivity contribution in [2.75, 3.05) is 33.0 Å². The monoisotopic (exact) mass is 385 g/mol. The Bertz CT molecular complexity index is 783. The number of likely N-dealkylation sites (tertiary alicyclic amines) is 1. The predicted molar refractivity (Wildman–Crippen MR) is 102 cm³/mol. The Balaban J connectivity index is 1.15. The first kappa shape index (κ1) is 17.8. The molecule has 1 aromatic carbocycles. The molecule has 7 heteroatoms. The Kier molecular flexibility index (Phi) is 4.62. The Hall–Kier alpha value is -2.28. The van der Waals surface area contributed by atoms with Crippen LogP contribution < -0.4 is 14.8 Å². The van der Waals surface area contributed by atoms with Crippen LogP contribution in [0.15, 0.2) is 18.2 Å². The van der Waals surface area contributed by atoms with Gasteiger partial charge in [0.25, 0.3) is 0 Å². The molecule has 2 bridgehead atoms. The van der Waals surface area contributed by atoms with E-state index >= 15 is 0 Å². The Morgan fingerprint density at radius 1 is 1.18 bits per heavy atom. The van der Waals surface area contributed by atoms with E-state index in [0.29, 0.717) is 43.3 Å². The lowest BCUT2D eigenvalue weighted by molar-refractivity contribution is -0.145. The van der Waals surface area contributed by atoms with Gasteiger partial charge in [-0.15, -0.1) is 0 Å². The van der Waals surface area contributed by atoms with Gasteiger partial charge in [-0.05, 0) is 48.8 Å². The SMILES string of the molecule is O=C(CN1C[C@H]2C[C@H](C1)[C@H]1CCCC(=O)N1C2)NCc1ccc2c(c1)OCO2. The fourth-order valence-corrected chi connectivity index (χ4v) is 5.35. The number of ether oxygens (including phenoxy) is 2. The summed E-state index contributed by atoms with van der Waals surface area (Å²) in [4.78, 5) is 29.2. The van der Waals surface area contributed by atoms with Crippen LogP contribution in [0.3, 0.4) is 0 Å². The molecule has 28 heavy (non-hydrogen) atoms. The highest BCUT2D eigenvalue weighted by molar-refractivity contribution is 5.78. The summed E-state index contributed by atoms with van der Waals surface area (Å²) in [7, 11) is 0. The maximum Gasteiger partial charge on any atom is 0.234 e. The lowest BCUT2D eigenvalue weighted by Crippen LogP contribution is -2.61. The number of amides is 2. The van der Waals surface area contributed by atoms with Crippen LogP contribution in [-0.4, -0.2) is 60.6 Å². The molecule has 0 saturated carbocycles. The zero-order valence-corrected chi connectivity index (χ0v) is 16.1. The second-order valence-electron chi connectivity index (χ2n) is 8.53. The standard InChI is InChI=1S/C21H27N3O4/c25-20(22-8-14-4-5-18-19(7-14)28-13-27-18)12-23-9-15-6-16(11-23)17-2-1-3-21(26)24(17)10-15/h4-5,7,15-17H,1-3,6,8-13H2,(H,22,25)/t15-,16-,17-/m1/s1. The van der Waals surface area contributed by atoms with E-state index < -0.39 is 0 Å². The van der Waals surface area contributed by atoms with Gasteiger partial charge in [-0.3, -0.25) is 14.5 Å². The predicted octanol–water partition coefficient (Wildman–Crippen LogP) is 1.36. The fraction of sp³-hybridized carbons (Fsp3) is 0.619. The number of nitrogens with zero attached hydrogens (tertiary/aromatic N) is 2. The fourth-order valence-electron chi connectivity index (χ4n) is 5.35. The van der Waals surface area contributed by atoms with Crippen LogP contribution in [0.2, 0.25) is 0 Å². The number of hydrogen-bond donors (Lipinski definition) is 1. The minimum absolute atomic E-state index is 0.0502. The first-order valence-electron chi connectivity index (χ1n) is 10.3. The van der Waals surface area contributed by atoms with Crippen LogP contribution >= 0.6 is 0 Å². The second kappa shape index (κ2) is 7.28. The molecule has 4 aliphatic heterocycles. The third-order valence-electron chi connectivity index (χ3n) is 6.55. The van der Waals surface area contributed by atoms with Crippen molar-refractivity contribution in [3.05, 3.63) is 23.8 Å². The molecule has 0 spiro atoms. The van der Waals surface area contributed by atoms with Crippen LogP contribution in [-0.2, 0) is 16.1 Å². The van der Waals surface area contributed by atoms with Gasteiger partial charge >= 0.3 is 0 Å². The Labute approximate surface area is 165 Å². The minimum Gasteiger partial charge on any atom is -0.454 e. The second-order valence-corrected chi connectivity index (χ2v) is 8.53. The van der Waals surface area contributed by atoms with E-state index in [1.165, 1.54) is 6.42 Å². The lowest BCUT2D eigenvalue weighted by Gasteiger charge is -2.52. The molecule has 150 valence electrons. The number of carbonyl (C=O) groups excluding carboxylic acids is 2. The maximum atomic E-state index is 12.5. The van der Waals surface area contributed by atoms with Crippen LogP contribution in [0.1, 0.15) is 31.2 Å². The van der Waals surface area contributed by atoms with Gasteiger partial charge in [0.05, 0.1) is 6.54 Å². The molecule has 4 aliphatic rings. The topological polar surface area (TPSA) is 71.1 Å². The van der Waals surface area contributed by atoms with Crippen molar-refractivity contribution in [3.63, 3.8) is 0 Å². The highest BCUT2D eigenvalue weighted by atomic mass is 16.7. The minimum atomic E-state index is 0.0502. The number of piperidine rings is 3. The van der Waals surface area contributed by atoms with Crippen molar-refractivity contribution in [2.45, 2.75) is 38.3 Å². The van der Waals surface area contributed by atoms with Gasteiger partial charge in [-0.1, -0.05) is 6.07 Å². The number of hydrogen-bond acceptors (Lipinski definition) is 5. The van der Waals surface area contributed by atoms with Crippen LogP contribution in [0.5, 0.6) is 11.5 Å². The highest BCUT2D eigenvalue weighted by Gasteiger charge is 2.44. The number of carbonyl (C=O) groups is 2. The third kappa shape index (κ3) is 3.43.